The van der Waals surface area contributed by atoms with Crippen molar-refractivity contribution in [1.29, 1.82) is 0 Å². The second-order valence-corrected chi connectivity index (χ2v) is 7.59. The fourth-order valence-electron chi connectivity index (χ4n) is 1.66. The van der Waals surface area contributed by atoms with Crippen LogP contribution in [0.2, 0.25) is 0 Å². The maximum Gasteiger partial charge on any atom is 0.260 e. The van der Waals surface area contributed by atoms with Crippen LogP contribution in [0.3, 0.4) is 0 Å². The van der Waals surface area contributed by atoms with Crippen LogP contribution in [0, 0.1) is 11.8 Å². The predicted octanol–water partition coefficient (Wildman–Crippen LogP) is 1.25. The van der Waals surface area contributed by atoms with Crippen molar-refractivity contribution in [2.75, 3.05) is 12.0 Å². The van der Waals surface area contributed by atoms with Crippen molar-refractivity contribution >= 4 is 32.1 Å². The summed E-state index contributed by atoms with van der Waals surface area (Å²) in [5.74, 6) is 6.16. The Labute approximate surface area is 122 Å². The minimum absolute atomic E-state index is 0.0483. The number of hydrogen-bond donors (Lipinski definition) is 3. The third-order valence-corrected chi connectivity index (χ3v) is 5.55. The molecule has 0 saturated heterocycles. The first kappa shape index (κ1) is 15.2. The molecular weight excluding hydrogens is 298 g/mol. The number of fused-ring (bicyclic) bond motifs is 1. The molecule has 1 atom stereocenters. The van der Waals surface area contributed by atoms with Gasteiger partial charge in [0.1, 0.15) is 0 Å². The number of thiazole rings is 1. The van der Waals surface area contributed by atoms with Crippen molar-refractivity contribution < 1.29 is 8.42 Å². The van der Waals surface area contributed by atoms with E-state index in [4.69, 9.17) is 5.84 Å². The molecule has 2 aromatic rings. The lowest BCUT2D eigenvalue weighted by atomic mass is 9.99. The van der Waals surface area contributed by atoms with Crippen LogP contribution in [-0.2, 0) is 10.0 Å². The summed E-state index contributed by atoms with van der Waals surface area (Å²) in [6.07, 6.45) is 1.66. The van der Waals surface area contributed by atoms with Gasteiger partial charge in [-0.25, -0.2) is 19.0 Å². The molecular formula is C11H19N5O2S2. The molecule has 0 bridgehead atoms. The number of sulfonamides is 1. The van der Waals surface area contributed by atoms with Crippen LogP contribution < -0.4 is 16.0 Å². The van der Waals surface area contributed by atoms with E-state index in [0.29, 0.717) is 17.4 Å². The summed E-state index contributed by atoms with van der Waals surface area (Å²) >= 11 is 1.35. The van der Waals surface area contributed by atoms with E-state index in [1.54, 1.807) is 11.6 Å². The Kier molecular flexibility index (Phi) is 4.33. The lowest BCUT2D eigenvalue weighted by molar-refractivity contribution is 0.414. The molecule has 7 nitrogen and oxygen atoms in total. The van der Waals surface area contributed by atoms with Gasteiger partial charge in [0, 0.05) is 18.1 Å². The predicted molar refractivity (Wildman–Crippen MR) is 80.1 cm³/mol. The highest BCUT2D eigenvalue weighted by Crippen LogP contribution is 2.25. The average Bonchev–Trinajstić information content (AvgIpc) is 2.94. The molecule has 0 aliphatic carbocycles. The van der Waals surface area contributed by atoms with Gasteiger partial charge in [0.15, 0.2) is 10.8 Å². The Balaban J connectivity index is 2.33. The van der Waals surface area contributed by atoms with Gasteiger partial charge < -0.3 is 5.43 Å². The summed E-state index contributed by atoms with van der Waals surface area (Å²) in [6.45, 7) is 6.50. The number of nitrogens with one attached hydrogen (secondary N) is 2. The van der Waals surface area contributed by atoms with E-state index in [1.165, 1.54) is 15.7 Å². The van der Waals surface area contributed by atoms with Crippen LogP contribution in [-0.4, -0.2) is 24.3 Å². The number of aromatic nitrogens is 2. The van der Waals surface area contributed by atoms with Crippen LogP contribution in [0.4, 0.5) is 5.82 Å². The van der Waals surface area contributed by atoms with Gasteiger partial charge in [-0.2, -0.15) is 4.98 Å². The molecule has 2 rings (SSSR count). The fourth-order valence-corrected chi connectivity index (χ4v) is 3.82. The Morgan fingerprint density at radius 2 is 2.15 bits per heavy atom. The molecule has 2 heterocycles. The second-order valence-electron chi connectivity index (χ2n) is 5.04. The highest BCUT2D eigenvalue weighted by molar-refractivity contribution is 7.89. The van der Waals surface area contributed by atoms with Crippen molar-refractivity contribution in [2.45, 2.75) is 25.8 Å². The van der Waals surface area contributed by atoms with E-state index in [0.717, 1.165) is 0 Å². The first-order valence-electron chi connectivity index (χ1n) is 6.28. The van der Waals surface area contributed by atoms with Gasteiger partial charge in [-0.1, -0.05) is 20.8 Å². The zero-order valence-corrected chi connectivity index (χ0v) is 13.3. The molecule has 1 unspecified atom stereocenters. The summed E-state index contributed by atoms with van der Waals surface area (Å²) in [5.41, 5.74) is 2.34. The molecule has 112 valence electrons. The number of imidazole rings is 1. The normalized spacial score (nSPS) is 14.1. The van der Waals surface area contributed by atoms with E-state index < -0.39 is 10.0 Å². The summed E-state index contributed by atoms with van der Waals surface area (Å²) in [4.78, 5) is 4.72. The Morgan fingerprint density at radius 1 is 1.45 bits per heavy atom. The van der Waals surface area contributed by atoms with Crippen molar-refractivity contribution in [2.24, 2.45) is 17.7 Å². The fraction of sp³-hybridized carbons (Fsp3) is 0.545. The van der Waals surface area contributed by atoms with Crippen molar-refractivity contribution in [3.8, 4) is 0 Å². The quantitative estimate of drug-likeness (QED) is 0.550. The lowest BCUT2D eigenvalue weighted by Gasteiger charge is -2.16. The Morgan fingerprint density at radius 3 is 2.75 bits per heavy atom. The lowest BCUT2D eigenvalue weighted by Crippen LogP contribution is -2.31. The third kappa shape index (κ3) is 2.80. The number of nitrogens with zero attached hydrogens (tertiary/aromatic N) is 2. The zero-order chi connectivity index (χ0) is 14.9. The molecule has 0 spiro atoms. The van der Waals surface area contributed by atoms with Gasteiger partial charge in [-0.15, -0.1) is 11.3 Å². The first-order chi connectivity index (χ1) is 9.36. The molecule has 9 heteroatoms. The van der Waals surface area contributed by atoms with Gasteiger partial charge in [-0.3, -0.25) is 4.40 Å². The SMILES string of the molecule is CC(C)C(C)CNS(=O)(=O)c1c(NN)nc2sccn12. The van der Waals surface area contributed by atoms with Crippen molar-refractivity contribution in [1.82, 2.24) is 14.1 Å². The maximum atomic E-state index is 12.4. The van der Waals surface area contributed by atoms with Crippen molar-refractivity contribution in [3.63, 3.8) is 0 Å². The van der Waals surface area contributed by atoms with E-state index >= 15 is 0 Å². The smallest absolute Gasteiger partial charge is 0.260 e. The van der Waals surface area contributed by atoms with Crippen LogP contribution in [0.5, 0.6) is 0 Å². The molecule has 0 aliphatic rings. The topological polar surface area (TPSA) is 102 Å². The average molecular weight is 317 g/mol. The van der Waals surface area contributed by atoms with Crippen molar-refractivity contribution in [3.05, 3.63) is 11.6 Å². The second kappa shape index (κ2) is 5.68. The maximum absolute atomic E-state index is 12.4. The van der Waals surface area contributed by atoms with E-state index in [2.05, 4.69) is 29.0 Å². The summed E-state index contributed by atoms with van der Waals surface area (Å²) in [6, 6.07) is 0. The molecule has 4 N–H and O–H groups in total. The van der Waals surface area contributed by atoms with Gasteiger partial charge >= 0.3 is 0 Å². The molecule has 0 aliphatic heterocycles. The van der Waals surface area contributed by atoms with Crippen LogP contribution >= 0.6 is 11.3 Å². The minimum atomic E-state index is -3.67. The van der Waals surface area contributed by atoms with Gasteiger partial charge in [-0.05, 0) is 11.8 Å². The molecule has 0 fully saturated rings. The summed E-state index contributed by atoms with van der Waals surface area (Å²) in [7, 11) is -3.67. The number of hydrazine groups is 1. The Hall–Kier alpha value is -1.16. The molecule has 2 aromatic heterocycles. The number of anilines is 1. The van der Waals surface area contributed by atoms with Crippen LogP contribution in [0.25, 0.3) is 4.96 Å². The number of rotatable bonds is 6. The molecule has 0 saturated carbocycles. The zero-order valence-electron chi connectivity index (χ0n) is 11.6. The Bertz CT molecular complexity index is 689. The molecule has 20 heavy (non-hydrogen) atoms. The number of nitrogens with two attached hydrogens (primary N) is 1. The standard InChI is InChI=1S/C11H19N5O2S2/c1-7(2)8(3)6-13-20(17,18)10-9(15-12)14-11-16(10)4-5-19-11/h4-5,7-8,13,15H,6,12H2,1-3H3. The van der Waals surface area contributed by atoms with E-state index in [-0.39, 0.29) is 16.8 Å². The van der Waals surface area contributed by atoms with E-state index in [9.17, 15) is 8.42 Å². The number of nitrogen functional groups attached to an aromatic ring is 1. The number of hydrogen-bond acceptors (Lipinski definition) is 6. The van der Waals surface area contributed by atoms with Gasteiger partial charge in [0.05, 0.1) is 0 Å². The highest BCUT2D eigenvalue weighted by atomic mass is 32.2. The first-order valence-corrected chi connectivity index (χ1v) is 8.65. The van der Waals surface area contributed by atoms with Crippen LogP contribution in [0.15, 0.2) is 16.6 Å². The minimum Gasteiger partial charge on any atom is -0.306 e. The van der Waals surface area contributed by atoms with E-state index in [1.807, 2.05) is 6.92 Å². The molecule has 0 amide bonds. The van der Waals surface area contributed by atoms with Gasteiger partial charge in [0.2, 0.25) is 5.03 Å². The highest BCUT2D eigenvalue weighted by Gasteiger charge is 2.26. The third-order valence-electron chi connectivity index (χ3n) is 3.34. The monoisotopic (exact) mass is 317 g/mol. The molecule has 0 aromatic carbocycles. The largest absolute Gasteiger partial charge is 0.306 e. The van der Waals surface area contributed by atoms with Gasteiger partial charge in [0.25, 0.3) is 10.0 Å². The van der Waals surface area contributed by atoms with Crippen LogP contribution in [0.1, 0.15) is 20.8 Å². The summed E-state index contributed by atoms with van der Waals surface area (Å²) < 4.78 is 29.0. The molecule has 0 radical (unpaired) electrons. The summed E-state index contributed by atoms with van der Waals surface area (Å²) in [5, 5.41) is 1.82.